The summed E-state index contributed by atoms with van der Waals surface area (Å²) in [6, 6.07) is 5.61. The molecule has 35 heavy (non-hydrogen) atoms. The number of nitrogens with zero attached hydrogens (tertiary/aromatic N) is 1. The Morgan fingerprint density at radius 1 is 0.971 bits per heavy atom. The second-order valence-corrected chi connectivity index (χ2v) is 7.96. The summed E-state index contributed by atoms with van der Waals surface area (Å²) in [5.41, 5.74) is 6.78. The lowest BCUT2D eigenvalue weighted by Crippen LogP contribution is -2.23. The maximum atomic E-state index is 9.64. The van der Waals surface area contributed by atoms with Crippen LogP contribution in [0.15, 0.2) is 18.2 Å². The van der Waals surface area contributed by atoms with Crippen molar-refractivity contribution >= 4 is 35.5 Å². The van der Waals surface area contributed by atoms with Crippen molar-refractivity contribution in [2.75, 3.05) is 32.8 Å². The summed E-state index contributed by atoms with van der Waals surface area (Å²) in [5.74, 6) is -2.91. The molecule has 1 saturated heterocycles. The number of hydrogen-bond acceptors (Lipinski definition) is 8. The highest BCUT2D eigenvalue weighted by Crippen LogP contribution is 2.26. The van der Waals surface area contributed by atoms with Gasteiger partial charge in [0.25, 0.3) is 0 Å². The van der Waals surface area contributed by atoms with E-state index in [0.29, 0.717) is 17.5 Å². The van der Waals surface area contributed by atoms with Gasteiger partial charge in [-0.15, -0.1) is 0 Å². The van der Waals surface area contributed by atoms with Gasteiger partial charge in [0, 0.05) is 23.7 Å². The van der Waals surface area contributed by atoms with Gasteiger partial charge in [0.1, 0.15) is 12.4 Å². The van der Waals surface area contributed by atoms with Crippen molar-refractivity contribution in [1.29, 1.82) is 0 Å². The molecule has 0 unspecified atom stereocenters. The van der Waals surface area contributed by atoms with E-state index in [0.717, 1.165) is 43.9 Å². The molecule has 7 N–H and O–H groups in total. The minimum Gasteiger partial charge on any atom is -0.491 e. The number of aliphatic hydroxyl groups excluding tert-OH is 1. The Morgan fingerprint density at radius 3 is 1.89 bits per heavy atom. The summed E-state index contributed by atoms with van der Waals surface area (Å²) in [6.07, 6.45) is -0.0285. The van der Waals surface area contributed by atoms with E-state index in [1.54, 1.807) is 0 Å². The first-order chi connectivity index (χ1) is 16.5. The molecule has 0 spiro atoms. The van der Waals surface area contributed by atoms with Gasteiger partial charge in [-0.2, -0.15) is 0 Å². The van der Waals surface area contributed by atoms with Crippen LogP contribution in [-0.2, 0) is 25.7 Å². The van der Waals surface area contributed by atoms with Crippen molar-refractivity contribution in [3.05, 3.63) is 28.8 Å². The summed E-state index contributed by atoms with van der Waals surface area (Å²) in [6.45, 7) is 3.98. The Morgan fingerprint density at radius 2 is 1.49 bits per heavy atom. The molecule has 0 bridgehead atoms. The second-order valence-electron chi connectivity index (χ2n) is 7.52. The lowest BCUT2D eigenvalue weighted by molar-refractivity contribution is -0.143. The number of ether oxygens (including phenoxy) is 1. The van der Waals surface area contributed by atoms with Crippen molar-refractivity contribution < 1.29 is 49.4 Å². The second kappa shape index (κ2) is 18.4. The highest BCUT2D eigenvalue weighted by Gasteiger charge is 2.22. The number of carboxylic acid groups (broad SMARTS) is 4. The molecule has 1 aromatic carbocycles. The van der Waals surface area contributed by atoms with Gasteiger partial charge >= 0.3 is 23.9 Å². The van der Waals surface area contributed by atoms with Crippen LogP contribution in [0.25, 0.3) is 0 Å². The minimum absolute atomic E-state index is 0.0149. The van der Waals surface area contributed by atoms with Gasteiger partial charge in [-0.05, 0) is 43.6 Å². The van der Waals surface area contributed by atoms with Gasteiger partial charge in [-0.25, -0.2) is 0 Å². The molecule has 1 aromatic rings. The van der Waals surface area contributed by atoms with Gasteiger partial charge in [0.2, 0.25) is 0 Å². The summed E-state index contributed by atoms with van der Waals surface area (Å²) in [4.78, 5) is 40.9. The topological polar surface area (TPSA) is 208 Å². The van der Waals surface area contributed by atoms with Crippen LogP contribution in [0.1, 0.15) is 37.7 Å². The number of rotatable bonds is 12. The Labute approximate surface area is 207 Å². The van der Waals surface area contributed by atoms with Gasteiger partial charge in [-0.1, -0.05) is 11.6 Å². The fraction of sp³-hybridized carbons (Fsp3) is 0.545. The first kappa shape index (κ1) is 32.1. The van der Waals surface area contributed by atoms with Crippen molar-refractivity contribution in [2.45, 2.75) is 38.6 Å². The first-order valence-corrected chi connectivity index (χ1v) is 11.2. The largest absolute Gasteiger partial charge is 0.491 e. The molecule has 2 rings (SSSR count). The standard InChI is InChI=1S/C14H21ClN2O2.2C4H6O4/c15-13-1-2-14(19-6-5-18)12(7-13)10-17-4-3-11(8-16)9-17;2*5-3(6)1-2-4(7)8/h1-2,7,11,18H,3-6,8-10,16H2;2*1-2H2,(H,5,6)(H,7,8)/t11-;;/m1../s1. The van der Waals surface area contributed by atoms with E-state index in [2.05, 4.69) is 4.90 Å². The van der Waals surface area contributed by atoms with E-state index in [9.17, 15) is 19.2 Å². The third-order valence-electron chi connectivity index (χ3n) is 4.57. The molecule has 13 heteroatoms. The minimum atomic E-state index is -1.08. The van der Waals surface area contributed by atoms with E-state index in [4.69, 9.17) is 47.6 Å². The maximum Gasteiger partial charge on any atom is 0.303 e. The quantitative estimate of drug-likeness (QED) is 0.231. The number of aliphatic carboxylic acids is 4. The summed E-state index contributed by atoms with van der Waals surface area (Å²) in [7, 11) is 0. The molecular formula is C22H33ClN2O10. The predicted molar refractivity (Wildman–Crippen MR) is 125 cm³/mol. The van der Waals surface area contributed by atoms with Crippen molar-refractivity contribution in [3.63, 3.8) is 0 Å². The number of likely N-dealkylation sites (tertiary alicyclic amines) is 1. The van der Waals surface area contributed by atoms with Crippen LogP contribution in [0, 0.1) is 5.92 Å². The third kappa shape index (κ3) is 17.2. The smallest absolute Gasteiger partial charge is 0.303 e. The Hall–Kier alpha value is -2.93. The van der Waals surface area contributed by atoms with Crippen LogP contribution in [0.5, 0.6) is 5.75 Å². The molecule has 1 heterocycles. The van der Waals surface area contributed by atoms with Gasteiger partial charge in [-0.3, -0.25) is 24.1 Å². The van der Waals surface area contributed by atoms with Crippen LogP contribution < -0.4 is 10.5 Å². The lowest BCUT2D eigenvalue weighted by Gasteiger charge is -2.18. The third-order valence-corrected chi connectivity index (χ3v) is 4.81. The van der Waals surface area contributed by atoms with Gasteiger partial charge < -0.3 is 36.0 Å². The molecule has 1 aliphatic rings. The molecule has 1 atom stereocenters. The maximum absolute atomic E-state index is 9.64. The van der Waals surface area contributed by atoms with Crippen LogP contribution in [0.3, 0.4) is 0 Å². The van der Waals surface area contributed by atoms with E-state index < -0.39 is 23.9 Å². The van der Waals surface area contributed by atoms with Crippen LogP contribution in [0.4, 0.5) is 0 Å². The molecule has 1 aliphatic heterocycles. The number of carboxylic acids is 4. The molecule has 0 aliphatic carbocycles. The average Bonchev–Trinajstić information content (AvgIpc) is 3.24. The SMILES string of the molecule is NC[C@H]1CCN(Cc2cc(Cl)ccc2OCCO)C1.O=C(O)CCC(=O)O.O=C(O)CCC(=O)O. The number of halogens is 1. The fourth-order valence-electron chi connectivity index (χ4n) is 2.89. The molecule has 1 fully saturated rings. The summed E-state index contributed by atoms with van der Waals surface area (Å²) in [5, 5.41) is 41.2. The molecule has 0 radical (unpaired) electrons. The van der Waals surface area contributed by atoms with Crippen LogP contribution in [0.2, 0.25) is 5.02 Å². The van der Waals surface area contributed by atoms with E-state index in [1.807, 2.05) is 18.2 Å². The predicted octanol–water partition coefficient (Wildman–Crippen LogP) is 1.36. The Balaban J connectivity index is 0.000000601. The molecule has 198 valence electrons. The highest BCUT2D eigenvalue weighted by molar-refractivity contribution is 6.30. The van der Waals surface area contributed by atoms with E-state index in [-0.39, 0.29) is 32.3 Å². The van der Waals surface area contributed by atoms with E-state index in [1.165, 1.54) is 0 Å². The molecular weight excluding hydrogens is 488 g/mol. The number of benzene rings is 1. The zero-order chi connectivity index (χ0) is 26.8. The molecule has 0 amide bonds. The van der Waals surface area contributed by atoms with Crippen molar-refractivity contribution in [2.24, 2.45) is 11.7 Å². The number of carbonyl (C=O) groups is 4. The first-order valence-electron chi connectivity index (χ1n) is 10.8. The van der Waals surface area contributed by atoms with Crippen LogP contribution in [-0.4, -0.2) is 87.2 Å². The zero-order valence-corrected chi connectivity index (χ0v) is 20.0. The summed E-state index contributed by atoms with van der Waals surface area (Å²) < 4.78 is 5.54. The lowest BCUT2D eigenvalue weighted by atomic mass is 10.1. The monoisotopic (exact) mass is 520 g/mol. The Bertz CT molecular complexity index is 765. The zero-order valence-electron chi connectivity index (χ0n) is 19.3. The average molecular weight is 521 g/mol. The van der Waals surface area contributed by atoms with Gasteiger partial charge in [0.05, 0.1) is 32.3 Å². The Kier molecular flexibility index (Phi) is 16.9. The number of hydrogen-bond donors (Lipinski definition) is 6. The molecule has 0 aromatic heterocycles. The van der Waals surface area contributed by atoms with Crippen molar-refractivity contribution in [3.8, 4) is 5.75 Å². The van der Waals surface area contributed by atoms with Crippen LogP contribution >= 0.6 is 11.6 Å². The number of aliphatic hydroxyl groups is 1. The van der Waals surface area contributed by atoms with Gasteiger partial charge in [0.15, 0.2) is 0 Å². The fourth-order valence-corrected chi connectivity index (χ4v) is 3.08. The van der Waals surface area contributed by atoms with Crippen molar-refractivity contribution in [1.82, 2.24) is 4.90 Å². The summed E-state index contributed by atoms with van der Waals surface area (Å²) >= 11 is 6.05. The highest BCUT2D eigenvalue weighted by atomic mass is 35.5. The normalized spacial score (nSPS) is 14.7. The number of nitrogens with two attached hydrogens (primary N) is 1. The molecule has 0 saturated carbocycles. The molecule has 12 nitrogen and oxygen atoms in total. The van der Waals surface area contributed by atoms with E-state index >= 15 is 0 Å².